The van der Waals surface area contributed by atoms with Gasteiger partial charge in [-0.2, -0.15) is 26.3 Å². The van der Waals surface area contributed by atoms with E-state index >= 15 is 0 Å². The van der Waals surface area contributed by atoms with Gasteiger partial charge in [-0.3, -0.25) is 4.98 Å². The molecule has 10 heteroatoms. The molecule has 0 spiro atoms. The third-order valence-corrected chi connectivity index (χ3v) is 2.97. The molecule has 24 heavy (non-hydrogen) atoms. The molecular weight excluding hydrogens is 356 g/mol. The normalized spacial score (nSPS) is 11.9. The molecule has 0 unspecified atom stereocenters. The van der Waals surface area contributed by atoms with E-state index in [9.17, 15) is 26.3 Å². The molecule has 0 aliphatic rings. The fourth-order valence-corrected chi connectivity index (χ4v) is 1.99. The number of thiocarbonyl (C=S) groups is 1. The van der Waals surface area contributed by atoms with Gasteiger partial charge >= 0.3 is 12.4 Å². The van der Waals surface area contributed by atoms with Crippen LogP contribution in [0.15, 0.2) is 42.7 Å². The molecule has 3 nitrogen and oxygen atoms in total. The molecule has 2 N–H and O–H groups in total. The average molecular weight is 365 g/mol. The van der Waals surface area contributed by atoms with Gasteiger partial charge < -0.3 is 10.6 Å². The fraction of sp³-hybridized carbons (Fsp3) is 0.143. The van der Waals surface area contributed by atoms with Crippen molar-refractivity contribution >= 4 is 28.7 Å². The maximum absolute atomic E-state index is 12.8. The first-order valence-electron chi connectivity index (χ1n) is 6.33. The number of aromatic nitrogens is 1. The Hall–Kier alpha value is -2.36. The van der Waals surface area contributed by atoms with E-state index in [2.05, 4.69) is 15.6 Å². The highest BCUT2D eigenvalue weighted by Crippen LogP contribution is 2.37. The largest absolute Gasteiger partial charge is 0.416 e. The highest BCUT2D eigenvalue weighted by atomic mass is 32.1. The van der Waals surface area contributed by atoms with Crippen LogP contribution in [0.25, 0.3) is 0 Å². The summed E-state index contributed by atoms with van der Waals surface area (Å²) in [5.41, 5.74) is -2.86. The van der Waals surface area contributed by atoms with Gasteiger partial charge in [-0.25, -0.2) is 0 Å². The van der Waals surface area contributed by atoms with Crippen molar-refractivity contribution in [3.8, 4) is 0 Å². The summed E-state index contributed by atoms with van der Waals surface area (Å²) in [5, 5.41) is 4.74. The third-order valence-electron chi connectivity index (χ3n) is 2.76. The highest BCUT2D eigenvalue weighted by Gasteiger charge is 2.37. The van der Waals surface area contributed by atoms with E-state index in [1.807, 2.05) is 0 Å². The van der Waals surface area contributed by atoms with Crippen LogP contribution < -0.4 is 10.6 Å². The van der Waals surface area contributed by atoms with Crippen molar-refractivity contribution in [3.05, 3.63) is 53.9 Å². The molecule has 1 aromatic heterocycles. The molecule has 0 aliphatic heterocycles. The van der Waals surface area contributed by atoms with E-state index in [1.165, 1.54) is 12.4 Å². The number of hydrogen-bond donors (Lipinski definition) is 2. The third kappa shape index (κ3) is 4.82. The zero-order valence-corrected chi connectivity index (χ0v) is 12.5. The minimum Gasteiger partial charge on any atom is -0.332 e. The number of pyridine rings is 1. The van der Waals surface area contributed by atoms with Crippen LogP contribution in [-0.2, 0) is 12.4 Å². The maximum Gasteiger partial charge on any atom is 0.416 e. The molecule has 0 saturated heterocycles. The molecule has 0 saturated carbocycles. The Morgan fingerprint density at radius 3 is 1.88 bits per heavy atom. The van der Waals surface area contributed by atoms with Gasteiger partial charge in [0.1, 0.15) is 0 Å². The summed E-state index contributed by atoms with van der Waals surface area (Å²) in [7, 11) is 0. The summed E-state index contributed by atoms with van der Waals surface area (Å²) in [6, 6.07) is 4.30. The summed E-state index contributed by atoms with van der Waals surface area (Å²) in [6.07, 6.45) is -6.96. The minimum absolute atomic E-state index is 0.0444. The van der Waals surface area contributed by atoms with E-state index in [0.29, 0.717) is 17.8 Å². The van der Waals surface area contributed by atoms with Crippen LogP contribution in [0, 0.1) is 0 Å². The molecule has 0 atom stereocenters. The Morgan fingerprint density at radius 1 is 0.875 bits per heavy atom. The lowest BCUT2D eigenvalue weighted by Gasteiger charge is -2.16. The molecule has 0 fully saturated rings. The first-order chi connectivity index (χ1) is 11.1. The second kappa shape index (κ2) is 6.63. The summed E-state index contributed by atoms with van der Waals surface area (Å²) in [6.45, 7) is 0. The average Bonchev–Trinajstić information content (AvgIpc) is 2.46. The van der Waals surface area contributed by atoms with E-state index in [0.717, 1.165) is 0 Å². The molecule has 1 heterocycles. The molecular formula is C14H9F6N3S. The van der Waals surface area contributed by atoms with Crippen molar-refractivity contribution in [2.75, 3.05) is 10.6 Å². The predicted octanol–water partition coefficient (Wildman–Crippen LogP) is 4.93. The van der Waals surface area contributed by atoms with Crippen LogP contribution in [0.1, 0.15) is 11.1 Å². The topological polar surface area (TPSA) is 37.0 Å². The molecule has 0 aliphatic carbocycles. The number of benzene rings is 1. The van der Waals surface area contributed by atoms with Crippen molar-refractivity contribution < 1.29 is 26.3 Å². The van der Waals surface area contributed by atoms with Crippen LogP contribution >= 0.6 is 12.2 Å². The fourth-order valence-electron chi connectivity index (χ4n) is 1.76. The number of hydrogen-bond acceptors (Lipinski definition) is 2. The monoisotopic (exact) mass is 365 g/mol. The molecule has 0 amide bonds. The van der Waals surface area contributed by atoms with Crippen LogP contribution in [-0.4, -0.2) is 10.1 Å². The highest BCUT2D eigenvalue weighted by molar-refractivity contribution is 7.80. The van der Waals surface area contributed by atoms with Gasteiger partial charge in [0.2, 0.25) is 0 Å². The second-order valence-corrected chi connectivity index (χ2v) is 5.02. The first-order valence-corrected chi connectivity index (χ1v) is 6.74. The Kier molecular flexibility index (Phi) is 4.97. The quantitative estimate of drug-likeness (QED) is 0.585. The summed E-state index contributed by atoms with van der Waals surface area (Å²) < 4.78 is 76.6. The molecule has 0 radical (unpaired) electrons. The van der Waals surface area contributed by atoms with Crippen molar-refractivity contribution in [1.82, 2.24) is 4.98 Å². The van der Waals surface area contributed by atoms with Crippen LogP contribution in [0.5, 0.6) is 0 Å². The molecule has 2 rings (SSSR count). The Morgan fingerprint density at radius 2 is 1.42 bits per heavy atom. The number of nitrogens with one attached hydrogen (secondary N) is 2. The van der Waals surface area contributed by atoms with Gasteiger partial charge in [0.25, 0.3) is 0 Å². The van der Waals surface area contributed by atoms with Crippen molar-refractivity contribution in [2.45, 2.75) is 12.4 Å². The Bertz CT molecular complexity index is 695. The van der Waals surface area contributed by atoms with Gasteiger partial charge in [-0.05, 0) is 42.5 Å². The lowest BCUT2D eigenvalue weighted by atomic mass is 10.1. The number of alkyl halides is 6. The molecule has 1 aromatic carbocycles. The summed E-state index contributed by atoms with van der Waals surface area (Å²) >= 11 is 4.88. The second-order valence-electron chi connectivity index (χ2n) is 4.62. The van der Waals surface area contributed by atoms with Crippen LogP contribution in [0.4, 0.5) is 37.7 Å². The van der Waals surface area contributed by atoms with Crippen molar-refractivity contribution in [3.63, 3.8) is 0 Å². The zero-order chi connectivity index (χ0) is 18.0. The van der Waals surface area contributed by atoms with Gasteiger partial charge in [0.15, 0.2) is 5.11 Å². The van der Waals surface area contributed by atoms with Crippen LogP contribution in [0.3, 0.4) is 0 Å². The van der Waals surface area contributed by atoms with Gasteiger partial charge in [0.05, 0.1) is 23.0 Å². The van der Waals surface area contributed by atoms with E-state index < -0.39 is 29.2 Å². The lowest BCUT2D eigenvalue weighted by Crippen LogP contribution is -2.20. The van der Waals surface area contributed by atoms with Gasteiger partial charge in [0, 0.05) is 11.9 Å². The lowest BCUT2D eigenvalue weighted by molar-refractivity contribution is -0.143. The van der Waals surface area contributed by atoms with E-state index in [-0.39, 0.29) is 11.2 Å². The number of nitrogens with zero attached hydrogens (tertiary/aromatic N) is 1. The summed E-state index contributed by atoms with van der Waals surface area (Å²) in [5.74, 6) is 0. The standard InChI is InChI=1S/C14H9F6N3S/c15-13(16,17)8-4-9(14(18,19)20)6-11(5-8)23-12(24)22-10-2-1-3-21-7-10/h1-7H,(H2,22,23,24). The van der Waals surface area contributed by atoms with Crippen molar-refractivity contribution in [2.24, 2.45) is 0 Å². The van der Waals surface area contributed by atoms with Crippen LogP contribution in [0.2, 0.25) is 0 Å². The Labute approximate surface area is 137 Å². The maximum atomic E-state index is 12.8. The zero-order valence-electron chi connectivity index (χ0n) is 11.7. The molecule has 0 bridgehead atoms. The molecule has 128 valence electrons. The minimum atomic E-state index is -4.92. The summed E-state index contributed by atoms with van der Waals surface area (Å²) in [4.78, 5) is 3.79. The van der Waals surface area contributed by atoms with Crippen molar-refractivity contribution in [1.29, 1.82) is 0 Å². The number of halogens is 6. The Balaban J connectivity index is 2.27. The van der Waals surface area contributed by atoms with Gasteiger partial charge in [-0.15, -0.1) is 0 Å². The first kappa shape index (κ1) is 18.0. The van der Waals surface area contributed by atoms with Gasteiger partial charge in [-0.1, -0.05) is 0 Å². The molecule has 2 aromatic rings. The smallest absolute Gasteiger partial charge is 0.332 e. The number of anilines is 2. The van der Waals surface area contributed by atoms with E-state index in [4.69, 9.17) is 12.2 Å². The number of rotatable bonds is 2. The predicted molar refractivity (Wildman–Crippen MR) is 80.5 cm³/mol. The SMILES string of the molecule is FC(F)(F)c1cc(NC(=S)Nc2cccnc2)cc(C(F)(F)F)c1. The van der Waals surface area contributed by atoms with E-state index in [1.54, 1.807) is 12.1 Å².